The SMILES string of the molecule is CCCC1CCC(c2ccc(-c3ccc(OCCCCCN4C(=O)C=CC4=O)cc3)c(C(F)(F)F)c2C(F)(F)F)CC1. The van der Waals surface area contributed by atoms with E-state index in [1.54, 1.807) is 0 Å². The second kappa shape index (κ2) is 13.3. The summed E-state index contributed by atoms with van der Waals surface area (Å²) in [4.78, 5) is 24.3. The van der Waals surface area contributed by atoms with Crippen LogP contribution in [0.5, 0.6) is 5.75 Å². The number of alkyl halides is 6. The summed E-state index contributed by atoms with van der Waals surface area (Å²) in [6, 6.07) is 7.98. The molecule has 0 saturated heterocycles. The van der Waals surface area contributed by atoms with Crippen molar-refractivity contribution in [1.82, 2.24) is 4.90 Å². The Morgan fingerprint density at radius 1 is 0.786 bits per heavy atom. The van der Waals surface area contributed by atoms with Crippen LogP contribution in [-0.4, -0.2) is 29.9 Å². The van der Waals surface area contributed by atoms with E-state index in [1.807, 2.05) is 6.92 Å². The molecular weight excluding hydrogens is 560 g/mol. The number of benzene rings is 2. The van der Waals surface area contributed by atoms with Gasteiger partial charge in [0.05, 0.1) is 17.7 Å². The van der Waals surface area contributed by atoms with Gasteiger partial charge in [-0.3, -0.25) is 14.5 Å². The summed E-state index contributed by atoms with van der Waals surface area (Å²) in [5.74, 6) is -0.453. The molecule has 2 aromatic carbocycles. The molecule has 2 aliphatic rings. The molecule has 2 amide bonds. The van der Waals surface area contributed by atoms with Crippen molar-refractivity contribution >= 4 is 11.8 Å². The first-order chi connectivity index (χ1) is 19.9. The van der Waals surface area contributed by atoms with Crippen molar-refractivity contribution in [2.24, 2.45) is 5.92 Å². The molecule has 4 rings (SSSR count). The van der Waals surface area contributed by atoms with Gasteiger partial charge in [-0.25, -0.2) is 0 Å². The lowest BCUT2D eigenvalue weighted by Gasteiger charge is -2.32. The molecule has 228 valence electrons. The third kappa shape index (κ3) is 7.55. The van der Waals surface area contributed by atoms with Crippen molar-refractivity contribution in [2.75, 3.05) is 13.2 Å². The van der Waals surface area contributed by atoms with Gasteiger partial charge in [0, 0.05) is 18.7 Å². The lowest BCUT2D eigenvalue weighted by molar-refractivity contribution is -0.162. The van der Waals surface area contributed by atoms with E-state index in [-0.39, 0.29) is 22.9 Å². The quantitative estimate of drug-likeness (QED) is 0.148. The average Bonchev–Trinajstić information content (AvgIpc) is 3.26. The van der Waals surface area contributed by atoms with E-state index in [4.69, 9.17) is 4.74 Å². The Morgan fingerprint density at radius 2 is 1.40 bits per heavy atom. The second-order valence-corrected chi connectivity index (χ2v) is 11.0. The molecule has 2 aromatic rings. The van der Waals surface area contributed by atoms with Crippen LogP contribution in [0.3, 0.4) is 0 Å². The fourth-order valence-electron chi connectivity index (χ4n) is 6.09. The summed E-state index contributed by atoms with van der Waals surface area (Å²) in [5.41, 5.74) is -3.96. The highest BCUT2D eigenvalue weighted by Gasteiger charge is 2.47. The Balaban J connectivity index is 1.46. The number of amides is 2. The van der Waals surface area contributed by atoms with Gasteiger partial charge in [-0.05, 0) is 85.6 Å². The van der Waals surface area contributed by atoms with Crippen LogP contribution in [0.2, 0.25) is 0 Å². The summed E-state index contributed by atoms with van der Waals surface area (Å²) in [6.07, 6.45) is -1.74. The normalized spacial score (nSPS) is 19.5. The summed E-state index contributed by atoms with van der Waals surface area (Å²) >= 11 is 0. The number of hydrogen-bond acceptors (Lipinski definition) is 3. The maximum absolute atomic E-state index is 14.4. The van der Waals surface area contributed by atoms with Crippen LogP contribution in [0.4, 0.5) is 26.3 Å². The van der Waals surface area contributed by atoms with E-state index in [1.165, 1.54) is 48.6 Å². The van der Waals surface area contributed by atoms with Crippen molar-refractivity contribution in [3.63, 3.8) is 0 Å². The first-order valence-corrected chi connectivity index (χ1v) is 14.5. The number of nitrogens with zero attached hydrogens (tertiary/aromatic N) is 1. The third-order valence-corrected chi connectivity index (χ3v) is 8.15. The number of carbonyl (C=O) groups is 2. The number of halogens is 6. The molecule has 0 spiro atoms. The van der Waals surface area contributed by atoms with E-state index in [0.29, 0.717) is 56.9 Å². The van der Waals surface area contributed by atoms with Crippen LogP contribution in [0, 0.1) is 5.92 Å². The number of rotatable bonds is 11. The topological polar surface area (TPSA) is 46.6 Å². The molecule has 1 saturated carbocycles. The zero-order valence-corrected chi connectivity index (χ0v) is 23.5. The second-order valence-electron chi connectivity index (χ2n) is 11.0. The summed E-state index contributed by atoms with van der Waals surface area (Å²) < 4.78 is 91.8. The maximum Gasteiger partial charge on any atom is 0.417 e. The molecule has 1 aliphatic carbocycles. The van der Waals surface area contributed by atoms with E-state index in [2.05, 4.69) is 0 Å². The summed E-state index contributed by atoms with van der Waals surface area (Å²) in [7, 11) is 0. The Kier molecular flexibility index (Phi) is 10.0. The minimum Gasteiger partial charge on any atom is -0.494 e. The molecule has 0 atom stereocenters. The molecule has 42 heavy (non-hydrogen) atoms. The van der Waals surface area contributed by atoms with E-state index >= 15 is 0 Å². The molecule has 1 heterocycles. The van der Waals surface area contributed by atoms with Gasteiger partial charge in [-0.15, -0.1) is 0 Å². The van der Waals surface area contributed by atoms with Crippen LogP contribution in [0.25, 0.3) is 11.1 Å². The Hall–Kier alpha value is -3.30. The standard InChI is InChI=1S/C32H35F6NO3/c1-2-6-21-7-9-22(10-8-21)25-15-16-26(30(32(36,37)38)29(25)31(33,34)35)23-11-13-24(14-12-23)42-20-5-3-4-19-39-27(40)17-18-28(39)41/h11-18,21-22H,2-10,19-20H2,1H3. The zero-order chi connectivity index (χ0) is 30.5. The number of unbranched alkanes of at least 4 members (excludes halogenated alkanes) is 2. The molecule has 10 heteroatoms. The highest BCUT2D eigenvalue weighted by molar-refractivity contribution is 6.12. The van der Waals surface area contributed by atoms with Gasteiger partial charge >= 0.3 is 12.4 Å². The fourth-order valence-corrected chi connectivity index (χ4v) is 6.09. The molecule has 0 bridgehead atoms. The smallest absolute Gasteiger partial charge is 0.417 e. The van der Waals surface area contributed by atoms with Crippen molar-refractivity contribution in [1.29, 1.82) is 0 Å². The van der Waals surface area contributed by atoms with Crippen molar-refractivity contribution in [2.45, 2.75) is 83.0 Å². The van der Waals surface area contributed by atoms with Gasteiger partial charge < -0.3 is 4.74 Å². The first-order valence-electron chi connectivity index (χ1n) is 14.5. The molecular formula is C32H35F6NO3. The third-order valence-electron chi connectivity index (χ3n) is 8.15. The van der Waals surface area contributed by atoms with Crippen molar-refractivity contribution in [3.05, 3.63) is 65.2 Å². The Bertz CT molecular complexity index is 1260. The van der Waals surface area contributed by atoms with Crippen molar-refractivity contribution < 1.29 is 40.7 Å². The lowest BCUT2D eigenvalue weighted by atomic mass is 9.75. The predicted molar refractivity (Wildman–Crippen MR) is 147 cm³/mol. The number of hydrogen-bond donors (Lipinski definition) is 0. The lowest BCUT2D eigenvalue weighted by Crippen LogP contribution is -2.30. The van der Waals surface area contributed by atoms with Gasteiger partial charge in [-0.1, -0.05) is 44.0 Å². The molecule has 0 unspecified atom stereocenters. The Labute approximate surface area is 241 Å². The highest BCUT2D eigenvalue weighted by Crippen LogP contribution is 2.50. The fraction of sp³-hybridized carbons (Fsp3) is 0.500. The molecule has 0 aromatic heterocycles. The number of carbonyl (C=O) groups excluding carboxylic acids is 2. The van der Waals surface area contributed by atoms with Gasteiger partial charge in [0.1, 0.15) is 5.75 Å². The van der Waals surface area contributed by atoms with Gasteiger partial charge in [0.15, 0.2) is 0 Å². The van der Waals surface area contributed by atoms with Gasteiger partial charge in [0.25, 0.3) is 11.8 Å². The zero-order valence-electron chi connectivity index (χ0n) is 23.5. The minimum absolute atomic E-state index is 0.0203. The van der Waals surface area contributed by atoms with Gasteiger partial charge in [-0.2, -0.15) is 26.3 Å². The van der Waals surface area contributed by atoms with E-state index in [0.717, 1.165) is 30.6 Å². The van der Waals surface area contributed by atoms with E-state index in [9.17, 15) is 35.9 Å². The largest absolute Gasteiger partial charge is 0.494 e. The van der Waals surface area contributed by atoms with Gasteiger partial charge in [0.2, 0.25) is 0 Å². The van der Waals surface area contributed by atoms with Crippen LogP contribution in [-0.2, 0) is 21.9 Å². The van der Waals surface area contributed by atoms with Crippen LogP contribution in [0.1, 0.15) is 87.3 Å². The predicted octanol–water partition coefficient (Wildman–Crippen LogP) is 8.94. The molecule has 1 fully saturated rings. The average molecular weight is 596 g/mol. The highest BCUT2D eigenvalue weighted by atomic mass is 19.4. The maximum atomic E-state index is 14.4. The molecule has 1 aliphatic heterocycles. The van der Waals surface area contributed by atoms with E-state index < -0.39 is 35.0 Å². The minimum atomic E-state index is -5.20. The first kappa shape index (κ1) is 31.6. The van der Waals surface area contributed by atoms with Crippen molar-refractivity contribution in [3.8, 4) is 16.9 Å². The van der Waals surface area contributed by atoms with Crippen LogP contribution < -0.4 is 4.74 Å². The summed E-state index contributed by atoms with van der Waals surface area (Å²) in [5, 5.41) is 0. The number of imide groups is 1. The van der Waals surface area contributed by atoms with Crippen LogP contribution >= 0.6 is 0 Å². The van der Waals surface area contributed by atoms with Crippen LogP contribution in [0.15, 0.2) is 48.6 Å². The Morgan fingerprint density at radius 3 is 1.98 bits per heavy atom. The monoisotopic (exact) mass is 595 g/mol. The molecule has 0 N–H and O–H groups in total. The molecule has 4 nitrogen and oxygen atoms in total. The molecule has 0 radical (unpaired) electrons. The number of ether oxygens (including phenoxy) is 1. The summed E-state index contributed by atoms with van der Waals surface area (Å²) in [6.45, 7) is 2.65.